The van der Waals surface area contributed by atoms with Crippen molar-refractivity contribution >= 4 is 0 Å². The molecule has 4 nitrogen and oxygen atoms in total. The van der Waals surface area contributed by atoms with Crippen molar-refractivity contribution in [3.05, 3.63) is 48.4 Å². The largest absolute Gasteiger partial charge is 0.364 e. The van der Waals surface area contributed by atoms with E-state index in [1.165, 1.54) is 0 Å². The molecule has 0 aromatic carbocycles. The first kappa shape index (κ1) is 9.76. The SMILES string of the molecule is OC(O)c1ccnc(-c2ccncc2)c1. The molecule has 0 aliphatic rings. The number of aliphatic hydroxyl groups is 2. The first-order valence-electron chi connectivity index (χ1n) is 4.50. The molecule has 2 N–H and O–H groups in total. The normalized spacial score (nSPS) is 10.6. The predicted octanol–water partition coefficient (Wildman–Crippen LogP) is 1.13. The molecule has 0 fully saturated rings. The lowest BCUT2D eigenvalue weighted by Crippen LogP contribution is -1.96. The zero-order chi connectivity index (χ0) is 10.7. The third kappa shape index (κ3) is 2.18. The van der Waals surface area contributed by atoms with Gasteiger partial charge in [-0.25, -0.2) is 0 Å². The molecule has 2 heterocycles. The first-order chi connectivity index (χ1) is 7.27. The van der Waals surface area contributed by atoms with Crippen LogP contribution in [0.5, 0.6) is 0 Å². The fourth-order valence-electron chi connectivity index (χ4n) is 1.29. The maximum absolute atomic E-state index is 9.01. The smallest absolute Gasteiger partial charge is 0.178 e. The summed E-state index contributed by atoms with van der Waals surface area (Å²) in [6.45, 7) is 0. The Hall–Kier alpha value is -1.78. The van der Waals surface area contributed by atoms with Crippen LogP contribution in [0.15, 0.2) is 42.9 Å². The fourth-order valence-corrected chi connectivity index (χ4v) is 1.29. The van der Waals surface area contributed by atoms with Crippen LogP contribution in [0.1, 0.15) is 11.9 Å². The molecular formula is C11H10N2O2. The van der Waals surface area contributed by atoms with Crippen molar-refractivity contribution in [2.75, 3.05) is 0 Å². The minimum Gasteiger partial charge on any atom is -0.364 e. The van der Waals surface area contributed by atoms with E-state index in [4.69, 9.17) is 10.2 Å². The summed E-state index contributed by atoms with van der Waals surface area (Å²) in [6.07, 6.45) is 3.41. The maximum Gasteiger partial charge on any atom is 0.178 e. The van der Waals surface area contributed by atoms with Crippen molar-refractivity contribution in [2.24, 2.45) is 0 Å². The van der Waals surface area contributed by atoms with Crippen LogP contribution in [0, 0.1) is 0 Å². The molecule has 0 amide bonds. The molecule has 76 valence electrons. The molecule has 0 spiro atoms. The van der Waals surface area contributed by atoms with Gasteiger partial charge in [-0.1, -0.05) is 0 Å². The van der Waals surface area contributed by atoms with E-state index in [2.05, 4.69) is 9.97 Å². The number of aliphatic hydroxyl groups excluding tert-OH is 1. The van der Waals surface area contributed by atoms with Crippen LogP contribution < -0.4 is 0 Å². The topological polar surface area (TPSA) is 66.2 Å². The summed E-state index contributed by atoms with van der Waals surface area (Å²) in [4.78, 5) is 8.04. The van der Waals surface area contributed by atoms with E-state index in [0.717, 1.165) is 5.56 Å². The standard InChI is InChI=1S/C11H10N2O2/c14-11(15)9-3-6-13-10(7-9)8-1-4-12-5-2-8/h1-7,11,14-15H. The third-order valence-electron chi connectivity index (χ3n) is 2.06. The predicted molar refractivity (Wildman–Crippen MR) is 54.6 cm³/mol. The molecule has 15 heavy (non-hydrogen) atoms. The highest BCUT2D eigenvalue weighted by Crippen LogP contribution is 2.18. The molecule has 2 aromatic rings. The summed E-state index contributed by atoms with van der Waals surface area (Å²) >= 11 is 0. The molecule has 0 atom stereocenters. The van der Waals surface area contributed by atoms with Crippen LogP contribution in [0.3, 0.4) is 0 Å². The highest BCUT2D eigenvalue weighted by atomic mass is 16.5. The quantitative estimate of drug-likeness (QED) is 0.716. The summed E-state index contributed by atoms with van der Waals surface area (Å²) in [5.41, 5.74) is 2.02. The lowest BCUT2D eigenvalue weighted by Gasteiger charge is -2.05. The van der Waals surface area contributed by atoms with E-state index in [1.54, 1.807) is 30.7 Å². The van der Waals surface area contributed by atoms with E-state index >= 15 is 0 Å². The van der Waals surface area contributed by atoms with Crippen LogP contribution in [0.4, 0.5) is 0 Å². The molecule has 4 heteroatoms. The van der Waals surface area contributed by atoms with Gasteiger partial charge in [0.2, 0.25) is 0 Å². The van der Waals surface area contributed by atoms with Gasteiger partial charge in [-0.2, -0.15) is 0 Å². The van der Waals surface area contributed by atoms with Gasteiger partial charge in [-0.3, -0.25) is 9.97 Å². The summed E-state index contributed by atoms with van der Waals surface area (Å²) in [6, 6.07) is 6.83. The first-order valence-corrected chi connectivity index (χ1v) is 4.50. The van der Waals surface area contributed by atoms with Gasteiger partial charge in [-0.05, 0) is 24.3 Å². The summed E-state index contributed by atoms with van der Waals surface area (Å²) in [5.74, 6) is 0. The number of hydrogen-bond acceptors (Lipinski definition) is 4. The van der Waals surface area contributed by atoms with E-state index < -0.39 is 6.29 Å². The summed E-state index contributed by atoms with van der Waals surface area (Å²) in [7, 11) is 0. The van der Waals surface area contributed by atoms with Crippen LogP contribution in [-0.2, 0) is 0 Å². The third-order valence-corrected chi connectivity index (χ3v) is 2.06. The van der Waals surface area contributed by atoms with Gasteiger partial charge < -0.3 is 10.2 Å². The fraction of sp³-hybridized carbons (Fsp3) is 0.0909. The van der Waals surface area contributed by atoms with Crippen molar-refractivity contribution in [1.82, 2.24) is 9.97 Å². The zero-order valence-corrected chi connectivity index (χ0v) is 7.91. The van der Waals surface area contributed by atoms with E-state index in [1.807, 2.05) is 12.1 Å². The highest BCUT2D eigenvalue weighted by molar-refractivity contribution is 5.58. The molecule has 2 rings (SSSR count). The number of nitrogens with zero attached hydrogens (tertiary/aromatic N) is 2. The Morgan fingerprint density at radius 3 is 2.40 bits per heavy atom. The van der Waals surface area contributed by atoms with Gasteiger partial charge in [0.05, 0.1) is 5.69 Å². The lowest BCUT2D eigenvalue weighted by atomic mass is 10.1. The van der Waals surface area contributed by atoms with Crippen molar-refractivity contribution in [3.8, 4) is 11.3 Å². The van der Waals surface area contributed by atoms with Gasteiger partial charge >= 0.3 is 0 Å². The van der Waals surface area contributed by atoms with Crippen LogP contribution >= 0.6 is 0 Å². The second-order valence-corrected chi connectivity index (χ2v) is 3.08. The van der Waals surface area contributed by atoms with Gasteiger partial charge in [0, 0.05) is 29.7 Å². The Balaban J connectivity index is 2.42. The monoisotopic (exact) mass is 202 g/mol. The Bertz CT molecular complexity index is 443. The van der Waals surface area contributed by atoms with Gasteiger partial charge in [0.1, 0.15) is 0 Å². The molecule has 0 aliphatic carbocycles. The Morgan fingerprint density at radius 2 is 1.73 bits per heavy atom. The van der Waals surface area contributed by atoms with Gasteiger partial charge in [-0.15, -0.1) is 0 Å². The minimum atomic E-state index is -1.46. The highest BCUT2D eigenvalue weighted by Gasteiger charge is 2.05. The van der Waals surface area contributed by atoms with Gasteiger partial charge in [0.15, 0.2) is 6.29 Å². The molecule has 2 aromatic heterocycles. The Kier molecular flexibility index (Phi) is 2.71. The van der Waals surface area contributed by atoms with E-state index in [9.17, 15) is 0 Å². The molecule has 0 bridgehead atoms. The summed E-state index contributed by atoms with van der Waals surface area (Å²) in [5, 5.41) is 18.0. The van der Waals surface area contributed by atoms with Crippen molar-refractivity contribution in [2.45, 2.75) is 6.29 Å². The minimum absolute atomic E-state index is 0.428. The molecule has 0 radical (unpaired) electrons. The molecular weight excluding hydrogens is 192 g/mol. The van der Waals surface area contributed by atoms with Gasteiger partial charge in [0.25, 0.3) is 0 Å². The second-order valence-electron chi connectivity index (χ2n) is 3.08. The number of hydrogen-bond donors (Lipinski definition) is 2. The van der Waals surface area contributed by atoms with E-state index in [-0.39, 0.29) is 0 Å². The average Bonchev–Trinajstić information content (AvgIpc) is 2.30. The zero-order valence-electron chi connectivity index (χ0n) is 7.91. The Morgan fingerprint density at radius 1 is 1.00 bits per heavy atom. The van der Waals surface area contributed by atoms with Crippen LogP contribution in [0.2, 0.25) is 0 Å². The van der Waals surface area contributed by atoms with E-state index in [0.29, 0.717) is 11.3 Å². The van der Waals surface area contributed by atoms with Crippen LogP contribution in [0.25, 0.3) is 11.3 Å². The van der Waals surface area contributed by atoms with Crippen LogP contribution in [-0.4, -0.2) is 20.2 Å². The molecule has 0 saturated carbocycles. The van der Waals surface area contributed by atoms with Crippen molar-refractivity contribution in [1.29, 1.82) is 0 Å². The molecule has 0 saturated heterocycles. The lowest BCUT2D eigenvalue weighted by molar-refractivity contribution is -0.0425. The van der Waals surface area contributed by atoms with Crippen molar-refractivity contribution in [3.63, 3.8) is 0 Å². The second kappa shape index (κ2) is 4.16. The number of aromatic nitrogens is 2. The maximum atomic E-state index is 9.01. The molecule has 0 aliphatic heterocycles. The van der Waals surface area contributed by atoms with Crippen molar-refractivity contribution < 1.29 is 10.2 Å². The average molecular weight is 202 g/mol. The number of rotatable bonds is 2. The Labute approximate surface area is 86.9 Å². The summed E-state index contributed by atoms with van der Waals surface area (Å²) < 4.78 is 0. The molecule has 0 unspecified atom stereocenters. The number of pyridine rings is 2.